The van der Waals surface area contributed by atoms with Crippen LogP contribution in [0.1, 0.15) is 33.6 Å². The molecule has 1 aromatic carbocycles. The highest BCUT2D eigenvalue weighted by Crippen LogP contribution is 2.29. The van der Waals surface area contributed by atoms with Crippen molar-refractivity contribution in [3.05, 3.63) is 42.1 Å². The van der Waals surface area contributed by atoms with Crippen LogP contribution in [0.2, 0.25) is 0 Å². The minimum absolute atomic E-state index is 0.104. The molecule has 2 N–H and O–H groups in total. The van der Waals surface area contributed by atoms with E-state index in [2.05, 4.69) is 17.2 Å². The van der Waals surface area contributed by atoms with Crippen molar-refractivity contribution in [3.8, 4) is 0 Å². The summed E-state index contributed by atoms with van der Waals surface area (Å²) in [6.07, 6.45) is 1.71. The summed E-state index contributed by atoms with van der Waals surface area (Å²) >= 11 is 0. The molecule has 4 amide bonds. The summed E-state index contributed by atoms with van der Waals surface area (Å²) in [5.41, 5.74) is 1.12. The van der Waals surface area contributed by atoms with Crippen molar-refractivity contribution in [1.82, 2.24) is 10.2 Å². The predicted octanol–water partition coefficient (Wildman–Crippen LogP) is 0.643. The van der Waals surface area contributed by atoms with Gasteiger partial charge in [0.25, 0.3) is 11.8 Å². The molecule has 22 heavy (non-hydrogen) atoms. The average Bonchev–Trinajstić information content (AvgIpc) is 2.72. The summed E-state index contributed by atoms with van der Waals surface area (Å²) in [5, 5.41) is 5.00. The normalized spacial score (nSPS) is 20.7. The third kappa shape index (κ3) is 2.07. The standard InChI is InChI=1S/C15H13N3O4/c1-2-16-8-3-4-9-10(7-8)15(22)18(14(9)21)11-5-6-12(19)17-13(11)20/h2-4,7,11,16H,1,5-6H2,(H,17,19,20). The van der Waals surface area contributed by atoms with Crippen LogP contribution >= 0.6 is 0 Å². The summed E-state index contributed by atoms with van der Waals surface area (Å²) in [7, 11) is 0. The second-order valence-electron chi connectivity index (χ2n) is 5.06. The number of amides is 4. The Morgan fingerprint density at radius 3 is 2.59 bits per heavy atom. The van der Waals surface area contributed by atoms with Gasteiger partial charge in [-0.15, -0.1) is 0 Å². The third-order valence-electron chi connectivity index (χ3n) is 3.71. The molecule has 2 heterocycles. The van der Waals surface area contributed by atoms with Gasteiger partial charge >= 0.3 is 0 Å². The van der Waals surface area contributed by atoms with E-state index in [0.29, 0.717) is 5.69 Å². The van der Waals surface area contributed by atoms with E-state index in [9.17, 15) is 19.2 Å². The summed E-state index contributed by atoms with van der Waals surface area (Å²) in [6.45, 7) is 3.53. The first-order valence-corrected chi connectivity index (χ1v) is 6.76. The second-order valence-corrected chi connectivity index (χ2v) is 5.06. The first kappa shape index (κ1) is 14.0. The summed E-state index contributed by atoms with van der Waals surface area (Å²) in [4.78, 5) is 48.9. The third-order valence-corrected chi connectivity index (χ3v) is 3.71. The Morgan fingerprint density at radius 2 is 1.91 bits per heavy atom. The van der Waals surface area contributed by atoms with E-state index in [4.69, 9.17) is 0 Å². The van der Waals surface area contributed by atoms with Crippen LogP contribution in [0.3, 0.4) is 0 Å². The number of piperidine rings is 1. The number of carbonyl (C=O) groups excluding carboxylic acids is 4. The van der Waals surface area contributed by atoms with Gasteiger partial charge in [0.1, 0.15) is 6.04 Å². The van der Waals surface area contributed by atoms with Gasteiger partial charge in [0.15, 0.2) is 0 Å². The highest BCUT2D eigenvalue weighted by Gasteiger charge is 2.44. The van der Waals surface area contributed by atoms with Crippen molar-refractivity contribution in [3.63, 3.8) is 0 Å². The Kier molecular flexibility index (Phi) is 3.25. The van der Waals surface area contributed by atoms with Crippen molar-refractivity contribution in [1.29, 1.82) is 0 Å². The molecule has 1 fully saturated rings. The lowest BCUT2D eigenvalue weighted by Gasteiger charge is -2.27. The Morgan fingerprint density at radius 1 is 1.18 bits per heavy atom. The van der Waals surface area contributed by atoms with E-state index in [0.717, 1.165) is 4.90 Å². The average molecular weight is 299 g/mol. The summed E-state index contributed by atoms with van der Waals surface area (Å²) in [6, 6.07) is 3.79. The van der Waals surface area contributed by atoms with E-state index in [1.165, 1.54) is 12.3 Å². The molecule has 1 atom stereocenters. The molecule has 0 aromatic heterocycles. The number of hydrogen-bond donors (Lipinski definition) is 2. The SMILES string of the molecule is C=CNc1ccc2c(c1)C(=O)N(C1CCC(=O)NC1=O)C2=O. The zero-order chi connectivity index (χ0) is 15.9. The van der Waals surface area contributed by atoms with Crippen LogP contribution in [0, 0.1) is 0 Å². The van der Waals surface area contributed by atoms with Gasteiger partial charge in [-0.1, -0.05) is 6.58 Å². The van der Waals surface area contributed by atoms with Crippen LogP contribution in [0.4, 0.5) is 5.69 Å². The fourth-order valence-electron chi connectivity index (χ4n) is 2.68. The quantitative estimate of drug-likeness (QED) is 0.799. The van der Waals surface area contributed by atoms with Crippen LogP contribution in [0.15, 0.2) is 31.0 Å². The predicted molar refractivity (Wildman–Crippen MR) is 76.9 cm³/mol. The number of fused-ring (bicyclic) bond motifs is 1. The van der Waals surface area contributed by atoms with Crippen LogP contribution in [0.5, 0.6) is 0 Å². The van der Waals surface area contributed by atoms with Crippen LogP contribution in [0.25, 0.3) is 0 Å². The van der Waals surface area contributed by atoms with Gasteiger partial charge in [-0.3, -0.25) is 29.4 Å². The van der Waals surface area contributed by atoms with Gasteiger partial charge in [0.05, 0.1) is 11.1 Å². The second kappa shape index (κ2) is 5.10. The van der Waals surface area contributed by atoms with Gasteiger partial charge in [0.2, 0.25) is 11.8 Å². The maximum Gasteiger partial charge on any atom is 0.262 e. The first-order chi connectivity index (χ1) is 10.5. The van der Waals surface area contributed by atoms with Crippen molar-refractivity contribution >= 4 is 29.3 Å². The Hall–Kier alpha value is -2.96. The van der Waals surface area contributed by atoms with E-state index < -0.39 is 29.7 Å². The topological polar surface area (TPSA) is 95.6 Å². The lowest BCUT2D eigenvalue weighted by molar-refractivity contribution is -0.136. The molecule has 1 unspecified atom stereocenters. The Bertz CT molecular complexity index is 725. The lowest BCUT2D eigenvalue weighted by Crippen LogP contribution is -2.54. The molecule has 1 aromatic rings. The maximum atomic E-state index is 12.5. The fraction of sp³-hybridized carbons (Fsp3) is 0.200. The molecule has 0 saturated carbocycles. The van der Waals surface area contributed by atoms with Crippen molar-refractivity contribution in [2.45, 2.75) is 18.9 Å². The number of nitrogens with zero attached hydrogens (tertiary/aromatic N) is 1. The van der Waals surface area contributed by atoms with Gasteiger partial charge in [-0.2, -0.15) is 0 Å². The van der Waals surface area contributed by atoms with Crippen molar-refractivity contribution in [2.24, 2.45) is 0 Å². The summed E-state index contributed by atoms with van der Waals surface area (Å²) in [5.74, 6) is -2.05. The number of benzene rings is 1. The molecule has 0 bridgehead atoms. The molecule has 1 saturated heterocycles. The maximum absolute atomic E-state index is 12.5. The highest BCUT2D eigenvalue weighted by molar-refractivity contribution is 6.23. The number of nitrogens with one attached hydrogen (secondary N) is 2. The number of imide groups is 2. The van der Waals surface area contributed by atoms with Crippen molar-refractivity contribution in [2.75, 3.05) is 5.32 Å². The van der Waals surface area contributed by atoms with E-state index in [1.807, 2.05) is 0 Å². The number of hydrogen-bond acceptors (Lipinski definition) is 5. The number of carbonyl (C=O) groups is 4. The molecule has 112 valence electrons. The van der Waals surface area contributed by atoms with Crippen LogP contribution in [-0.4, -0.2) is 34.6 Å². The molecular weight excluding hydrogens is 286 g/mol. The zero-order valence-corrected chi connectivity index (χ0v) is 11.6. The lowest BCUT2D eigenvalue weighted by atomic mass is 10.0. The molecule has 7 nitrogen and oxygen atoms in total. The molecular formula is C15H13N3O4. The van der Waals surface area contributed by atoms with Crippen LogP contribution in [-0.2, 0) is 9.59 Å². The Labute approximate surface area is 126 Å². The van der Waals surface area contributed by atoms with Gasteiger partial charge < -0.3 is 5.32 Å². The van der Waals surface area contributed by atoms with Gasteiger partial charge in [-0.05, 0) is 30.8 Å². The summed E-state index contributed by atoms with van der Waals surface area (Å²) < 4.78 is 0. The van der Waals surface area contributed by atoms with Gasteiger partial charge in [-0.25, -0.2) is 0 Å². The molecule has 0 radical (unpaired) electrons. The molecule has 2 aliphatic rings. The molecule has 2 aliphatic heterocycles. The minimum Gasteiger partial charge on any atom is -0.362 e. The molecule has 0 aliphatic carbocycles. The van der Waals surface area contributed by atoms with Gasteiger partial charge in [0, 0.05) is 12.1 Å². The number of anilines is 1. The zero-order valence-electron chi connectivity index (χ0n) is 11.6. The molecule has 7 heteroatoms. The smallest absolute Gasteiger partial charge is 0.262 e. The Balaban J connectivity index is 1.94. The monoisotopic (exact) mass is 299 g/mol. The van der Waals surface area contributed by atoms with E-state index in [1.54, 1.807) is 12.1 Å². The molecule has 0 spiro atoms. The largest absolute Gasteiger partial charge is 0.362 e. The van der Waals surface area contributed by atoms with E-state index >= 15 is 0 Å². The number of rotatable bonds is 3. The van der Waals surface area contributed by atoms with E-state index in [-0.39, 0.29) is 24.0 Å². The van der Waals surface area contributed by atoms with Crippen molar-refractivity contribution < 1.29 is 19.2 Å². The first-order valence-electron chi connectivity index (χ1n) is 6.76. The minimum atomic E-state index is -0.944. The molecule has 3 rings (SSSR count). The van der Waals surface area contributed by atoms with Crippen LogP contribution < -0.4 is 10.6 Å². The highest BCUT2D eigenvalue weighted by atomic mass is 16.2. The fourth-order valence-corrected chi connectivity index (χ4v) is 2.68.